The van der Waals surface area contributed by atoms with Gasteiger partial charge in [0.15, 0.2) is 5.69 Å². The standard InChI is InChI=1S/C15H13N3O2S/c1-9-7-16-13(21-9)8-17-14-11-5-3-2-4-10(11)6-12(18-14)15(19)20/h2-7H,8H2,1H3,(H,17,18)(H,19,20). The Kier molecular flexibility index (Phi) is 3.53. The molecule has 0 radical (unpaired) electrons. The van der Waals surface area contributed by atoms with E-state index in [1.807, 2.05) is 37.4 Å². The van der Waals surface area contributed by atoms with Gasteiger partial charge in [-0.25, -0.2) is 14.8 Å². The normalized spacial score (nSPS) is 10.7. The largest absolute Gasteiger partial charge is 0.477 e. The minimum atomic E-state index is -1.03. The lowest BCUT2D eigenvalue weighted by molar-refractivity contribution is 0.0691. The topological polar surface area (TPSA) is 75.1 Å². The Morgan fingerprint density at radius 1 is 1.38 bits per heavy atom. The van der Waals surface area contributed by atoms with Crippen LogP contribution in [0.3, 0.4) is 0 Å². The second kappa shape index (κ2) is 5.49. The second-order valence-electron chi connectivity index (χ2n) is 4.60. The predicted octanol–water partition coefficient (Wildman–Crippen LogP) is 3.31. The molecule has 1 aromatic carbocycles. The number of aromatic nitrogens is 2. The first kappa shape index (κ1) is 13.5. The van der Waals surface area contributed by atoms with Crippen molar-refractivity contribution < 1.29 is 9.90 Å². The van der Waals surface area contributed by atoms with E-state index in [4.69, 9.17) is 5.11 Å². The van der Waals surface area contributed by atoms with Gasteiger partial charge in [0.25, 0.3) is 0 Å². The molecule has 5 nitrogen and oxygen atoms in total. The molecular weight excluding hydrogens is 286 g/mol. The summed E-state index contributed by atoms with van der Waals surface area (Å²) in [5.41, 5.74) is 0.0338. The Bertz CT molecular complexity index is 814. The van der Waals surface area contributed by atoms with E-state index < -0.39 is 5.97 Å². The predicted molar refractivity (Wildman–Crippen MR) is 82.9 cm³/mol. The van der Waals surface area contributed by atoms with Gasteiger partial charge in [-0.3, -0.25) is 0 Å². The zero-order valence-corrected chi connectivity index (χ0v) is 12.1. The summed E-state index contributed by atoms with van der Waals surface area (Å²) in [6, 6.07) is 9.16. The lowest BCUT2D eigenvalue weighted by Gasteiger charge is -2.09. The minimum Gasteiger partial charge on any atom is -0.477 e. The van der Waals surface area contributed by atoms with Crippen molar-refractivity contribution in [3.63, 3.8) is 0 Å². The molecule has 0 bridgehead atoms. The number of pyridine rings is 1. The third kappa shape index (κ3) is 2.85. The van der Waals surface area contributed by atoms with Gasteiger partial charge in [-0.2, -0.15) is 0 Å². The number of carbonyl (C=O) groups is 1. The lowest BCUT2D eigenvalue weighted by atomic mass is 10.1. The number of aryl methyl sites for hydroxylation is 1. The van der Waals surface area contributed by atoms with Crippen LogP contribution in [0, 0.1) is 6.92 Å². The molecule has 3 rings (SSSR count). The highest BCUT2D eigenvalue weighted by Crippen LogP contribution is 2.23. The number of fused-ring (bicyclic) bond motifs is 1. The van der Waals surface area contributed by atoms with Crippen molar-refractivity contribution in [2.24, 2.45) is 0 Å². The second-order valence-corrected chi connectivity index (χ2v) is 5.92. The van der Waals surface area contributed by atoms with Crippen LogP contribution in [0.1, 0.15) is 20.4 Å². The van der Waals surface area contributed by atoms with Crippen molar-refractivity contribution in [1.82, 2.24) is 9.97 Å². The number of hydrogen-bond donors (Lipinski definition) is 2. The molecule has 0 fully saturated rings. The first-order valence-corrected chi connectivity index (χ1v) is 7.23. The monoisotopic (exact) mass is 299 g/mol. The molecule has 21 heavy (non-hydrogen) atoms. The zero-order chi connectivity index (χ0) is 14.8. The van der Waals surface area contributed by atoms with Crippen molar-refractivity contribution in [2.45, 2.75) is 13.5 Å². The summed E-state index contributed by atoms with van der Waals surface area (Å²) in [5.74, 6) is -0.466. The molecule has 0 saturated heterocycles. The molecule has 0 aliphatic carbocycles. The summed E-state index contributed by atoms with van der Waals surface area (Å²) < 4.78 is 0. The van der Waals surface area contributed by atoms with Crippen molar-refractivity contribution in [2.75, 3.05) is 5.32 Å². The van der Waals surface area contributed by atoms with Crippen LogP contribution in [0.15, 0.2) is 36.5 Å². The molecule has 2 N–H and O–H groups in total. The highest BCUT2D eigenvalue weighted by atomic mass is 32.1. The summed E-state index contributed by atoms with van der Waals surface area (Å²) >= 11 is 1.61. The van der Waals surface area contributed by atoms with Crippen LogP contribution >= 0.6 is 11.3 Å². The maximum atomic E-state index is 11.2. The number of rotatable bonds is 4. The third-order valence-electron chi connectivity index (χ3n) is 3.04. The average molecular weight is 299 g/mol. The molecule has 0 aliphatic rings. The number of carboxylic acid groups (broad SMARTS) is 1. The van der Waals surface area contributed by atoms with Crippen LogP contribution in [0.4, 0.5) is 5.82 Å². The van der Waals surface area contributed by atoms with Crippen molar-refractivity contribution >= 4 is 33.9 Å². The highest BCUT2D eigenvalue weighted by molar-refractivity contribution is 7.11. The smallest absolute Gasteiger partial charge is 0.354 e. The van der Waals surface area contributed by atoms with E-state index >= 15 is 0 Å². The SMILES string of the molecule is Cc1cnc(CNc2nc(C(=O)O)cc3ccccc23)s1. The number of anilines is 1. The Labute approximate surface area is 125 Å². The number of hydrogen-bond acceptors (Lipinski definition) is 5. The number of aromatic carboxylic acids is 1. The quantitative estimate of drug-likeness (QED) is 0.773. The van der Waals surface area contributed by atoms with E-state index in [9.17, 15) is 4.79 Å². The lowest BCUT2D eigenvalue weighted by Crippen LogP contribution is -2.06. The Morgan fingerprint density at radius 2 is 2.19 bits per heavy atom. The molecule has 0 atom stereocenters. The number of nitrogens with zero attached hydrogens (tertiary/aromatic N) is 2. The van der Waals surface area contributed by atoms with Gasteiger partial charge in [0, 0.05) is 16.5 Å². The third-order valence-corrected chi connectivity index (χ3v) is 3.95. The average Bonchev–Trinajstić information content (AvgIpc) is 2.90. The number of thiazole rings is 1. The molecule has 0 unspecified atom stereocenters. The fraction of sp³-hybridized carbons (Fsp3) is 0.133. The molecular formula is C15H13N3O2S. The molecule has 3 aromatic rings. The Balaban J connectivity index is 1.97. The van der Waals surface area contributed by atoms with Gasteiger partial charge in [0.1, 0.15) is 10.8 Å². The first-order chi connectivity index (χ1) is 10.1. The summed E-state index contributed by atoms with van der Waals surface area (Å²) in [6.07, 6.45) is 1.82. The minimum absolute atomic E-state index is 0.0338. The molecule has 0 saturated carbocycles. The maximum absolute atomic E-state index is 11.2. The maximum Gasteiger partial charge on any atom is 0.354 e. The van der Waals surface area contributed by atoms with Crippen LogP contribution in [0.25, 0.3) is 10.8 Å². The number of benzene rings is 1. The molecule has 106 valence electrons. The molecule has 0 aliphatic heterocycles. The van der Waals surface area contributed by atoms with Gasteiger partial charge < -0.3 is 10.4 Å². The number of nitrogens with one attached hydrogen (secondary N) is 1. The van der Waals surface area contributed by atoms with E-state index in [-0.39, 0.29) is 5.69 Å². The van der Waals surface area contributed by atoms with Crippen LogP contribution in [-0.4, -0.2) is 21.0 Å². The Hall–Kier alpha value is -2.47. The van der Waals surface area contributed by atoms with E-state index in [0.29, 0.717) is 12.4 Å². The van der Waals surface area contributed by atoms with Crippen molar-refractivity contribution in [3.05, 3.63) is 52.1 Å². The van der Waals surface area contributed by atoms with Crippen LogP contribution in [-0.2, 0) is 6.54 Å². The van der Waals surface area contributed by atoms with Crippen molar-refractivity contribution in [3.8, 4) is 0 Å². The van der Waals surface area contributed by atoms with E-state index in [1.165, 1.54) is 0 Å². The number of carboxylic acids is 1. The van der Waals surface area contributed by atoms with Gasteiger partial charge in [-0.1, -0.05) is 24.3 Å². The summed E-state index contributed by atoms with van der Waals surface area (Å²) in [6.45, 7) is 2.53. The van der Waals surface area contributed by atoms with Crippen LogP contribution in [0.5, 0.6) is 0 Å². The summed E-state index contributed by atoms with van der Waals surface area (Å²) in [4.78, 5) is 20.8. The molecule has 0 spiro atoms. The fourth-order valence-electron chi connectivity index (χ4n) is 2.09. The van der Waals surface area contributed by atoms with Crippen LogP contribution < -0.4 is 5.32 Å². The molecule has 2 heterocycles. The van der Waals surface area contributed by atoms with E-state index in [0.717, 1.165) is 20.7 Å². The Morgan fingerprint density at radius 3 is 2.90 bits per heavy atom. The summed E-state index contributed by atoms with van der Waals surface area (Å²) in [5, 5.41) is 15.0. The van der Waals surface area contributed by atoms with Gasteiger partial charge in [-0.15, -0.1) is 11.3 Å². The van der Waals surface area contributed by atoms with Gasteiger partial charge in [0.05, 0.1) is 6.54 Å². The zero-order valence-electron chi connectivity index (χ0n) is 11.3. The van der Waals surface area contributed by atoms with Gasteiger partial charge >= 0.3 is 5.97 Å². The van der Waals surface area contributed by atoms with Crippen molar-refractivity contribution in [1.29, 1.82) is 0 Å². The van der Waals surface area contributed by atoms with E-state index in [1.54, 1.807) is 17.4 Å². The molecule has 0 amide bonds. The first-order valence-electron chi connectivity index (χ1n) is 6.42. The van der Waals surface area contributed by atoms with Crippen LogP contribution in [0.2, 0.25) is 0 Å². The molecule has 2 aromatic heterocycles. The van der Waals surface area contributed by atoms with E-state index in [2.05, 4.69) is 15.3 Å². The van der Waals surface area contributed by atoms with Gasteiger partial charge in [-0.05, 0) is 18.4 Å². The summed E-state index contributed by atoms with van der Waals surface area (Å²) in [7, 11) is 0. The fourth-order valence-corrected chi connectivity index (χ4v) is 2.81. The molecule has 6 heteroatoms. The van der Waals surface area contributed by atoms with Gasteiger partial charge in [0.2, 0.25) is 0 Å². The highest BCUT2D eigenvalue weighted by Gasteiger charge is 2.11.